The van der Waals surface area contributed by atoms with Crippen LogP contribution in [0.1, 0.15) is 0 Å². The Labute approximate surface area is 295 Å². The van der Waals surface area contributed by atoms with Crippen LogP contribution < -0.4 is 4.90 Å². The summed E-state index contributed by atoms with van der Waals surface area (Å²) in [5, 5.41) is 4.29. The molecule has 0 aliphatic rings. The largest absolute Gasteiger partial charge is 0.456 e. The number of para-hydroxylation sites is 2. The van der Waals surface area contributed by atoms with Crippen LogP contribution in [0.2, 0.25) is 0 Å². The number of benzene rings is 8. The summed E-state index contributed by atoms with van der Waals surface area (Å²) in [5.74, 6) is 0. The van der Waals surface area contributed by atoms with Gasteiger partial charge in [-0.1, -0.05) is 140 Å². The minimum absolute atomic E-state index is 0.828. The van der Waals surface area contributed by atoms with Crippen molar-refractivity contribution >= 4 is 60.9 Å². The van der Waals surface area contributed by atoms with Crippen LogP contribution in [-0.4, -0.2) is 0 Å². The molecule has 0 N–H and O–H groups in total. The number of nitrogens with zero attached hydrogens (tertiary/aromatic N) is 1. The second-order valence-electron chi connectivity index (χ2n) is 12.9. The smallest absolute Gasteiger partial charge is 0.160 e. The van der Waals surface area contributed by atoms with Gasteiger partial charge < -0.3 is 13.7 Å². The average Bonchev–Trinajstić information content (AvgIpc) is 3.79. The molecule has 3 nitrogen and oxygen atoms in total. The zero-order valence-electron chi connectivity index (χ0n) is 27.7. The minimum Gasteiger partial charge on any atom is -0.456 e. The van der Waals surface area contributed by atoms with Crippen molar-refractivity contribution in [3.05, 3.63) is 188 Å². The quantitative estimate of drug-likeness (QED) is 0.179. The highest BCUT2D eigenvalue weighted by atomic mass is 16.3. The third kappa shape index (κ3) is 4.90. The molecule has 10 rings (SSSR count). The topological polar surface area (TPSA) is 29.5 Å². The van der Waals surface area contributed by atoms with Gasteiger partial charge in [-0.3, -0.25) is 0 Å². The van der Waals surface area contributed by atoms with E-state index >= 15 is 0 Å². The van der Waals surface area contributed by atoms with E-state index in [-0.39, 0.29) is 0 Å². The molecule has 8 aromatic carbocycles. The van der Waals surface area contributed by atoms with E-state index in [1.54, 1.807) is 0 Å². The lowest BCUT2D eigenvalue weighted by molar-refractivity contribution is 0.668. The third-order valence-corrected chi connectivity index (χ3v) is 9.84. The summed E-state index contributed by atoms with van der Waals surface area (Å²) in [6.07, 6.45) is 0. The maximum Gasteiger partial charge on any atom is 0.160 e. The predicted octanol–water partition coefficient (Wildman–Crippen LogP) is 14.0. The minimum atomic E-state index is 0.828. The fourth-order valence-corrected chi connectivity index (χ4v) is 7.53. The molecule has 0 spiro atoms. The molecule has 0 aliphatic carbocycles. The summed E-state index contributed by atoms with van der Waals surface area (Å²) in [7, 11) is 0. The van der Waals surface area contributed by atoms with Crippen LogP contribution in [0, 0.1) is 0 Å². The first kappa shape index (κ1) is 29.1. The Kier molecular flexibility index (Phi) is 6.81. The van der Waals surface area contributed by atoms with E-state index in [1.165, 1.54) is 0 Å². The van der Waals surface area contributed by atoms with E-state index in [1.807, 2.05) is 18.2 Å². The van der Waals surface area contributed by atoms with Crippen LogP contribution in [0.4, 0.5) is 17.1 Å². The summed E-state index contributed by atoms with van der Waals surface area (Å²) in [6, 6.07) is 66.1. The zero-order chi connectivity index (χ0) is 33.7. The highest BCUT2D eigenvalue weighted by Gasteiger charge is 2.25. The van der Waals surface area contributed by atoms with Gasteiger partial charge in [0.15, 0.2) is 5.58 Å². The highest BCUT2D eigenvalue weighted by molar-refractivity contribution is 6.19. The molecule has 51 heavy (non-hydrogen) atoms. The Morgan fingerprint density at radius 3 is 1.51 bits per heavy atom. The molecule has 0 radical (unpaired) electrons. The van der Waals surface area contributed by atoms with Gasteiger partial charge in [0.25, 0.3) is 0 Å². The lowest BCUT2D eigenvalue weighted by Gasteiger charge is -2.28. The van der Waals surface area contributed by atoms with Crippen molar-refractivity contribution in [2.75, 3.05) is 4.90 Å². The predicted molar refractivity (Wildman–Crippen MR) is 212 cm³/mol. The van der Waals surface area contributed by atoms with Gasteiger partial charge >= 0.3 is 0 Å². The van der Waals surface area contributed by atoms with Crippen molar-refractivity contribution in [1.29, 1.82) is 0 Å². The van der Waals surface area contributed by atoms with E-state index < -0.39 is 0 Å². The molecule has 0 aliphatic heterocycles. The Morgan fingerprint density at radius 1 is 0.333 bits per heavy atom. The summed E-state index contributed by atoms with van der Waals surface area (Å²) in [4.78, 5) is 2.36. The van der Waals surface area contributed by atoms with Crippen LogP contribution in [0.25, 0.3) is 77.3 Å². The maximum atomic E-state index is 6.92. The summed E-state index contributed by atoms with van der Waals surface area (Å²) < 4.78 is 13.4. The Hall–Kier alpha value is -6.84. The number of fused-ring (bicyclic) bond motifs is 6. The molecule has 2 heterocycles. The van der Waals surface area contributed by atoms with Crippen LogP contribution in [0.15, 0.2) is 197 Å². The van der Waals surface area contributed by atoms with Gasteiger partial charge in [0.1, 0.15) is 16.7 Å². The van der Waals surface area contributed by atoms with Crippen LogP contribution in [0.3, 0.4) is 0 Å². The van der Waals surface area contributed by atoms with E-state index in [4.69, 9.17) is 8.83 Å². The molecule has 0 atom stereocenters. The average molecular weight is 654 g/mol. The van der Waals surface area contributed by atoms with Crippen molar-refractivity contribution in [2.45, 2.75) is 0 Å². The van der Waals surface area contributed by atoms with Gasteiger partial charge in [-0.2, -0.15) is 0 Å². The normalized spacial score (nSPS) is 11.5. The molecule has 3 heteroatoms. The molecule has 0 saturated carbocycles. The van der Waals surface area contributed by atoms with Crippen LogP contribution in [0.5, 0.6) is 0 Å². The molecule has 10 aromatic rings. The molecule has 0 saturated heterocycles. The van der Waals surface area contributed by atoms with Crippen molar-refractivity contribution < 1.29 is 8.83 Å². The maximum absolute atomic E-state index is 6.92. The van der Waals surface area contributed by atoms with E-state index in [0.29, 0.717) is 0 Å². The second-order valence-corrected chi connectivity index (χ2v) is 12.9. The lowest BCUT2D eigenvalue weighted by Crippen LogP contribution is -2.11. The Morgan fingerprint density at radius 2 is 0.863 bits per heavy atom. The number of anilines is 3. The van der Waals surface area contributed by atoms with Gasteiger partial charge in [-0.25, -0.2) is 0 Å². The first-order valence-electron chi connectivity index (χ1n) is 17.3. The number of rotatable bonds is 6. The van der Waals surface area contributed by atoms with Gasteiger partial charge in [0, 0.05) is 21.8 Å². The first-order chi connectivity index (χ1) is 25.3. The van der Waals surface area contributed by atoms with Crippen molar-refractivity contribution in [3.8, 4) is 33.4 Å². The summed E-state index contributed by atoms with van der Waals surface area (Å²) >= 11 is 0. The van der Waals surface area contributed by atoms with Gasteiger partial charge in [0.2, 0.25) is 0 Å². The number of furan rings is 2. The SMILES string of the molecule is c1ccc(-c2cc(-c3ccccc3)cc(N(c3ccc(-c4ccccc4)c4c3oc3ccccc34)c3cccc4oc5ccccc5c34)c2)cc1. The Bertz CT molecular complexity index is 2790. The van der Waals surface area contributed by atoms with E-state index in [0.717, 1.165) is 94.3 Å². The fraction of sp³-hybridized carbons (Fsp3) is 0. The molecule has 2 aromatic heterocycles. The standard InChI is InChI=1S/C48H31NO2/c1-4-15-32(16-5-1)35-29-36(33-17-6-2-7-18-33)31-37(30-35)49(41-23-14-26-45-47(41)40-22-11-12-24-43(40)50-45)42-28-27-38(34-19-8-3-9-20-34)46-39-21-10-13-25-44(39)51-48(42)46/h1-31H. The second kappa shape index (κ2) is 11.9. The first-order valence-corrected chi connectivity index (χ1v) is 17.3. The highest BCUT2D eigenvalue weighted by Crippen LogP contribution is 2.49. The number of hydrogen-bond acceptors (Lipinski definition) is 3. The van der Waals surface area contributed by atoms with Crippen molar-refractivity contribution in [1.82, 2.24) is 0 Å². The Balaban J connectivity index is 1.34. The van der Waals surface area contributed by atoms with Crippen molar-refractivity contribution in [2.24, 2.45) is 0 Å². The third-order valence-electron chi connectivity index (χ3n) is 9.84. The summed E-state index contributed by atoms with van der Waals surface area (Å²) in [5.41, 5.74) is 13.2. The fourth-order valence-electron chi connectivity index (χ4n) is 7.53. The zero-order valence-corrected chi connectivity index (χ0v) is 27.7. The van der Waals surface area contributed by atoms with Gasteiger partial charge in [-0.05, 0) is 81.9 Å². The molecular weight excluding hydrogens is 623 g/mol. The van der Waals surface area contributed by atoms with E-state index in [9.17, 15) is 0 Å². The molecule has 240 valence electrons. The van der Waals surface area contributed by atoms with Gasteiger partial charge in [0.05, 0.1) is 16.8 Å². The van der Waals surface area contributed by atoms with Crippen LogP contribution in [-0.2, 0) is 0 Å². The molecular formula is C48H31NO2. The monoisotopic (exact) mass is 653 g/mol. The van der Waals surface area contributed by atoms with Crippen LogP contribution >= 0.6 is 0 Å². The van der Waals surface area contributed by atoms with Crippen molar-refractivity contribution in [3.63, 3.8) is 0 Å². The molecule has 0 unspecified atom stereocenters. The van der Waals surface area contributed by atoms with Gasteiger partial charge in [-0.15, -0.1) is 0 Å². The lowest BCUT2D eigenvalue weighted by atomic mass is 9.96. The number of hydrogen-bond donors (Lipinski definition) is 0. The molecule has 0 bridgehead atoms. The van der Waals surface area contributed by atoms with E-state index in [2.05, 4.69) is 175 Å². The summed E-state index contributed by atoms with van der Waals surface area (Å²) in [6.45, 7) is 0. The molecule has 0 fully saturated rings. The molecule has 0 amide bonds.